The molecule has 2 fully saturated rings. The molecule has 3 aromatic rings. The van der Waals surface area contributed by atoms with Crippen molar-refractivity contribution in [2.24, 2.45) is 0 Å². The largest absolute Gasteiger partial charge is 0.357 e. The van der Waals surface area contributed by atoms with Gasteiger partial charge in [-0.25, -0.2) is 13.4 Å². The Balaban J connectivity index is 1.38. The summed E-state index contributed by atoms with van der Waals surface area (Å²) in [6.45, 7) is 1.81. The number of hydrogen-bond acceptors (Lipinski definition) is 7. The van der Waals surface area contributed by atoms with Gasteiger partial charge in [0.05, 0.1) is 4.90 Å². The number of rotatable bonds is 5. The minimum Gasteiger partial charge on any atom is -0.357 e. The molecule has 190 valence electrons. The molecule has 2 atom stereocenters. The van der Waals surface area contributed by atoms with Crippen molar-refractivity contribution < 1.29 is 18.0 Å². The summed E-state index contributed by atoms with van der Waals surface area (Å²) in [4.78, 5) is 33.1. The van der Waals surface area contributed by atoms with E-state index in [9.17, 15) is 18.0 Å². The topological polar surface area (TPSA) is 112 Å². The molecule has 0 aliphatic carbocycles. The van der Waals surface area contributed by atoms with Gasteiger partial charge in [0, 0.05) is 55.2 Å². The Morgan fingerprint density at radius 1 is 1.17 bits per heavy atom. The molecule has 5 rings (SSSR count). The lowest BCUT2D eigenvalue weighted by atomic mass is 10.1. The van der Waals surface area contributed by atoms with Gasteiger partial charge in [0.15, 0.2) is 5.01 Å². The van der Waals surface area contributed by atoms with E-state index in [0.29, 0.717) is 15.9 Å². The van der Waals surface area contributed by atoms with Crippen LogP contribution < -0.4 is 10.6 Å². The van der Waals surface area contributed by atoms with E-state index in [1.54, 1.807) is 36.5 Å². The zero-order valence-corrected chi connectivity index (χ0v) is 22.0. The van der Waals surface area contributed by atoms with E-state index in [1.807, 2.05) is 0 Å². The fraction of sp³-hybridized carbons (Fsp3) is 0.375. The SMILES string of the molecule is CNC(=O)C1CN(S(=O)(=O)c2ccc3cc(Cl)ccc3c2)CCN1C(=O)c1ncc(C2CCNC2)s1. The molecule has 2 amide bonds. The molecule has 1 aromatic heterocycles. The van der Waals surface area contributed by atoms with E-state index >= 15 is 0 Å². The molecule has 2 unspecified atom stereocenters. The first-order chi connectivity index (χ1) is 17.3. The Morgan fingerprint density at radius 2 is 1.94 bits per heavy atom. The Bertz CT molecular complexity index is 1420. The smallest absolute Gasteiger partial charge is 0.283 e. The van der Waals surface area contributed by atoms with E-state index in [2.05, 4.69) is 15.6 Å². The Labute approximate surface area is 218 Å². The maximum Gasteiger partial charge on any atom is 0.283 e. The number of sulfonamides is 1. The van der Waals surface area contributed by atoms with Crippen molar-refractivity contribution in [3.8, 4) is 0 Å². The molecular weight excluding hydrogens is 522 g/mol. The van der Waals surface area contributed by atoms with Gasteiger partial charge in [-0.1, -0.05) is 23.7 Å². The predicted octanol–water partition coefficient (Wildman–Crippen LogP) is 2.29. The van der Waals surface area contributed by atoms with Crippen LogP contribution >= 0.6 is 22.9 Å². The summed E-state index contributed by atoms with van der Waals surface area (Å²) in [5.41, 5.74) is 0. The van der Waals surface area contributed by atoms with Gasteiger partial charge in [-0.2, -0.15) is 4.31 Å². The van der Waals surface area contributed by atoms with Gasteiger partial charge in [-0.3, -0.25) is 9.59 Å². The van der Waals surface area contributed by atoms with Gasteiger partial charge in [-0.05, 0) is 48.0 Å². The quantitative estimate of drug-likeness (QED) is 0.507. The van der Waals surface area contributed by atoms with E-state index < -0.39 is 22.0 Å². The van der Waals surface area contributed by atoms with Crippen LogP contribution in [0.1, 0.15) is 27.0 Å². The van der Waals surface area contributed by atoms with Crippen LogP contribution in [-0.2, 0) is 14.8 Å². The number of aromatic nitrogens is 1. The second kappa shape index (κ2) is 10.1. The molecule has 0 spiro atoms. The van der Waals surface area contributed by atoms with Gasteiger partial charge in [0.2, 0.25) is 15.9 Å². The fourth-order valence-corrected chi connectivity index (χ4v) is 7.37. The van der Waals surface area contributed by atoms with Crippen molar-refractivity contribution in [3.63, 3.8) is 0 Å². The number of nitrogens with zero attached hydrogens (tertiary/aromatic N) is 3. The summed E-state index contributed by atoms with van der Waals surface area (Å²) in [7, 11) is -2.42. The van der Waals surface area contributed by atoms with Crippen molar-refractivity contribution in [3.05, 3.63) is 57.5 Å². The normalized spacial score (nSPS) is 21.1. The third kappa shape index (κ3) is 4.73. The van der Waals surface area contributed by atoms with Gasteiger partial charge in [0.1, 0.15) is 6.04 Å². The number of carbonyl (C=O) groups is 2. The highest BCUT2D eigenvalue weighted by Gasteiger charge is 2.40. The number of fused-ring (bicyclic) bond motifs is 1. The molecular formula is C24H26ClN5O4S2. The molecule has 2 saturated heterocycles. The molecule has 0 radical (unpaired) electrons. The molecule has 2 N–H and O–H groups in total. The third-order valence-corrected chi connectivity index (χ3v) is 9.98. The molecule has 0 bridgehead atoms. The molecule has 12 heteroatoms. The number of halogens is 1. The Hall–Kier alpha value is -2.57. The van der Waals surface area contributed by atoms with Crippen LogP contribution in [0.4, 0.5) is 0 Å². The molecule has 36 heavy (non-hydrogen) atoms. The zero-order valence-electron chi connectivity index (χ0n) is 19.6. The van der Waals surface area contributed by atoms with Crippen LogP contribution in [0, 0.1) is 0 Å². The van der Waals surface area contributed by atoms with Crippen molar-refractivity contribution in [2.75, 3.05) is 39.8 Å². The number of likely N-dealkylation sites (N-methyl/N-ethyl adjacent to an activating group) is 1. The first-order valence-corrected chi connectivity index (χ1v) is 14.3. The average molecular weight is 548 g/mol. The highest BCUT2D eigenvalue weighted by molar-refractivity contribution is 7.89. The summed E-state index contributed by atoms with van der Waals surface area (Å²) in [5.74, 6) is -0.447. The number of hydrogen-bond donors (Lipinski definition) is 2. The minimum absolute atomic E-state index is 0.0744. The highest BCUT2D eigenvalue weighted by Crippen LogP contribution is 2.30. The van der Waals surface area contributed by atoms with E-state index in [1.165, 1.54) is 33.7 Å². The summed E-state index contributed by atoms with van der Waals surface area (Å²) in [6.07, 6.45) is 2.73. The van der Waals surface area contributed by atoms with Gasteiger partial charge in [-0.15, -0.1) is 11.3 Å². The van der Waals surface area contributed by atoms with Crippen molar-refractivity contribution in [1.29, 1.82) is 0 Å². The van der Waals surface area contributed by atoms with Crippen LogP contribution in [0.25, 0.3) is 10.8 Å². The summed E-state index contributed by atoms with van der Waals surface area (Å²) in [6, 6.07) is 9.13. The first kappa shape index (κ1) is 25.1. The lowest BCUT2D eigenvalue weighted by Gasteiger charge is -2.39. The van der Waals surface area contributed by atoms with Crippen LogP contribution in [-0.4, -0.2) is 80.2 Å². The van der Waals surface area contributed by atoms with Gasteiger partial charge >= 0.3 is 0 Å². The number of nitrogens with one attached hydrogen (secondary N) is 2. The summed E-state index contributed by atoms with van der Waals surface area (Å²) < 4.78 is 28.3. The first-order valence-electron chi connectivity index (χ1n) is 11.7. The molecule has 9 nitrogen and oxygen atoms in total. The Morgan fingerprint density at radius 3 is 2.69 bits per heavy atom. The Kier molecular flexibility index (Phi) is 7.01. The predicted molar refractivity (Wildman–Crippen MR) is 139 cm³/mol. The van der Waals surface area contributed by atoms with Gasteiger partial charge in [0.25, 0.3) is 5.91 Å². The minimum atomic E-state index is -3.90. The van der Waals surface area contributed by atoms with E-state index in [0.717, 1.165) is 35.2 Å². The van der Waals surface area contributed by atoms with E-state index in [4.69, 9.17) is 11.6 Å². The zero-order chi connectivity index (χ0) is 25.4. The maximum absolute atomic E-state index is 13.5. The van der Waals surface area contributed by atoms with Crippen LogP contribution in [0.15, 0.2) is 47.5 Å². The van der Waals surface area contributed by atoms with Crippen molar-refractivity contribution in [2.45, 2.75) is 23.3 Å². The molecule has 2 aliphatic heterocycles. The number of carbonyl (C=O) groups excluding carboxylic acids is 2. The molecule has 0 saturated carbocycles. The number of piperazine rings is 1. The molecule has 2 aliphatic rings. The summed E-state index contributed by atoms with van der Waals surface area (Å²) >= 11 is 7.39. The monoisotopic (exact) mass is 547 g/mol. The number of benzene rings is 2. The van der Waals surface area contributed by atoms with Gasteiger partial charge < -0.3 is 15.5 Å². The second-order valence-electron chi connectivity index (χ2n) is 8.90. The van der Waals surface area contributed by atoms with E-state index in [-0.39, 0.29) is 30.4 Å². The number of thiazole rings is 1. The average Bonchev–Trinajstić information content (AvgIpc) is 3.59. The van der Waals surface area contributed by atoms with Crippen LogP contribution in [0.5, 0.6) is 0 Å². The van der Waals surface area contributed by atoms with Crippen LogP contribution in [0.3, 0.4) is 0 Å². The molecule has 3 heterocycles. The van der Waals surface area contributed by atoms with Crippen LogP contribution in [0.2, 0.25) is 5.02 Å². The standard InChI is InChI=1S/C24H26ClN5O4S2/c1-26-22(31)20-14-29(36(33,34)19-5-3-15-10-18(25)4-2-16(15)11-19)8-9-30(20)24(32)23-28-13-21(35-23)17-6-7-27-12-17/h2-5,10-11,13,17,20,27H,6-9,12,14H2,1H3,(H,26,31). The number of amides is 2. The lowest BCUT2D eigenvalue weighted by Crippen LogP contribution is -2.61. The third-order valence-electron chi connectivity index (χ3n) is 6.73. The van der Waals surface area contributed by atoms with Crippen molar-refractivity contribution in [1.82, 2.24) is 24.8 Å². The fourth-order valence-electron chi connectivity index (χ4n) is 4.71. The maximum atomic E-state index is 13.5. The highest BCUT2D eigenvalue weighted by atomic mass is 35.5. The second-order valence-corrected chi connectivity index (χ2v) is 12.3. The lowest BCUT2D eigenvalue weighted by molar-refractivity contribution is -0.126. The van der Waals surface area contributed by atoms with Crippen molar-refractivity contribution >= 4 is 55.5 Å². The molecule has 2 aromatic carbocycles. The summed E-state index contributed by atoms with van der Waals surface area (Å²) in [5, 5.41) is 8.34.